The van der Waals surface area contributed by atoms with Crippen LogP contribution in [-0.4, -0.2) is 23.6 Å². The van der Waals surface area contributed by atoms with Gasteiger partial charge in [0.15, 0.2) is 5.96 Å². The van der Waals surface area contributed by atoms with Crippen LogP contribution in [-0.2, 0) is 0 Å². The minimum absolute atomic E-state index is 0. The normalized spacial score (nSPS) is 19.5. The van der Waals surface area contributed by atoms with Gasteiger partial charge in [-0.3, -0.25) is 0 Å². The molecule has 5 nitrogen and oxygen atoms in total. The van der Waals surface area contributed by atoms with Crippen LogP contribution < -0.4 is 15.8 Å². The fourth-order valence-corrected chi connectivity index (χ4v) is 2.36. The Morgan fingerprint density at radius 2 is 2.00 bits per heavy atom. The third kappa shape index (κ3) is 5.02. The van der Waals surface area contributed by atoms with Crippen LogP contribution >= 0.6 is 24.0 Å². The first kappa shape index (κ1) is 18.4. The van der Waals surface area contributed by atoms with Crippen LogP contribution in [0.4, 0.5) is 14.6 Å². The van der Waals surface area contributed by atoms with Crippen LogP contribution in [0.2, 0.25) is 0 Å². The molecule has 0 bridgehead atoms. The van der Waals surface area contributed by atoms with E-state index in [1.165, 1.54) is 12.1 Å². The second-order valence-electron chi connectivity index (χ2n) is 5.21. The summed E-state index contributed by atoms with van der Waals surface area (Å²) in [5.41, 5.74) is 6.89. The molecule has 0 saturated heterocycles. The monoisotopic (exact) mass is 446 g/mol. The highest BCUT2D eigenvalue weighted by molar-refractivity contribution is 14.0. The molecule has 8 heteroatoms. The summed E-state index contributed by atoms with van der Waals surface area (Å²) >= 11 is 0. The molecule has 2 aromatic rings. The number of rotatable bonds is 5. The van der Waals surface area contributed by atoms with Gasteiger partial charge in [0, 0.05) is 12.1 Å². The number of halogens is 3. The average Bonchev–Trinajstić information content (AvgIpc) is 3.27. The number of anilines is 1. The van der Waals surface area contributed by atoms with E-state index < -0.39 is 6.61 Å². The quantitative estimate of drug-likeness (QED) is 0.419. The highest BCUT2D eigenvalue weighted by Gasteiger charge is 2.38. The zero-order valence-electron chi connectivity index (χ0n) is 12.6. The van der Waals surface area contributed by atoms with E-state index in [0.29, 0.717) is 11.8 Å². The second kappa shape index (κ2) is 8.22. The molecule has 0 aliphatic heterocycles. The minimum atomic E-state index is -2.81. The SMILES string of the molecule is I.NC(=N[C@@H]1C[C@H]1c1ccc(OC(F)F)cc1)Nc1ccccn1. The molecule has 1 aromatic heterocycles. The van der Waals surface area contributed by atoms with Gasteiger partial charge in [-0.2, -0.15) is 8.78 Å². The smallest absolute Gasteiger partial charge is 0.387 e. The van der Waals surface area contributed by atoms with Crippen molar-refractivity contribution in [2.75, 3.05) is 5.32 Å². The summed E-state index contributed by atoms with van der Waals surface area (Å²) in [5.74, 6) is 1.36. The molecule has 3 rings (SSSR count). The maximum atomic E-state index is 12.1. The van der Waals surface area contributed by atoms with Crippen LogP contribution in [0.15, 0.2) is 53.7 Å². The van der Waals surface area contributed by atoms with Gasteiger partial charge in [-0.05, 0) is 36.2 Å². The van der Waals surface area contributed by atoms with Gasteiger partial charge in [-0.15, -0.1) is 24.0 Å². The first-order chi connectivity index (χ1) is 11.1. The van der Waals surface area contributed by atoms with Gasteiger partial charge in [0.1, 0.15) is 11.6 Å². The van der Waals surface area contributed by atoms with E-state index in [1.54, 1.807) is 24.4 Å². The fourth-order valence-electron chi connectivity index (χ4n) is 2.36. The summed E-state index contributed by atoms with van der Waals surface area (Å²) in [4.78, 5) is 8.51. The lowest BCUT2D eigenvalue weighted by Gasteiger charge is -2.06. The van der Waals surface area contributed by atoms with E-state index in [9.17, 15) is 8.78 Å². The highest BCUT2D eigenvalue weighted by atomic mass is 127. The van der Waals surface area contributed by atoms with Crippen LogP contribution in [0.3, 0.4) is 0 Å². The van der Waals surface area contributed by atoms with Crippen molar-refractivity contribution in [3.63, 3.8) is 0 Å². The van der Waals surface area contributed by atoms with Crippen molar-refractivity contribution in [3.05, 3.63) is 54.2 Å². The first-order valence-electron chi connectivity index (χ1n) is 7.18. The highest BCUT2D eigenvalue weighted by Crippen LogP contribution is 2.43. The Balaban J connectivity index is 0.00000208. The molecule has 24 heavy (non-hydrogen) atoms. The van der Waals surface area contributed by atoms with Crippen LogP contribution in [0.25, 0.3) is 0 Å². The lowest BCUT2D eigenvalue weighted by Crippen LogP contribution is -2.23. The number of alkyl halides is 2. The Hall–Kier alpha value is -1.97. The molecule has 0 unspecified atom stereocenters. The van der Waals surface area contributed by atoms with Gasteiger partial charge in [0.25, 0.3) is 0 Å². The molecule has 3 N–H and O–H groups in total. The van der Waals surface area contributed by atoms with Crippen molar-refractivity contribution in [3.8, 4) is 5.75 Å². The van der Waals surface area contributed by atoms with Crippen molar-refractivity contribution >= 4 is 35.8 Å². The number of guanidine groups is 1. The van der Waals surface area contributed by atoms with E-state index in [-0.39, 0.29) is 41.7 Å². The number of hydrogen-bond acceptors (Lipinski definition) is 3. The van der Waals surface area contributed by atoms with Crippen LogP contribution in [0.1, 0.15) is 17.9 Å². The summed E-state index contributed by atoms with van der Waals surface area (Å²) in [7, 11) is 0. The Labute approximate surface area is 155 Å². The van der Waals surface area contributed by atoms with Crippen molar-refractivity contribution in [2.24, 2.45) is 10.7 Å². The summed E-state index contributed by atoms with van der Waals surface area (Å²) in [6.45, 7) is -2.81. The number of pyridine rings is 1. The van der Waals surface area contributed by atoms with Crippen molar-refractivity contribution in [1.82, 2.24) is 4.98 Å². The van der Waals surface area contributed by atoms with Crippen molar-refractivity contribution in [1.29, 1.82) is 0 Å². The van der Waals surface area contributed by atoms with E-state index in [0.717, 1.165) is 12.0 Å². The van der Waals surface area contributed by atoms with Crippen molar-refractivity contribution < 1.29 is 13.5 Å². The zero-order chi connectivity index (χ0) is 16.2. The van der Waals surface area contributed by atoms with Crippen LogP contribution in [0, 0.1) is 0 Å². The molecule has 0 spiro atoms. The molecule has 2 atom stereocenters. The molecule has 128 valence electrons. The lowest BCUT2D eigenvalue weighted by atomic mass is 10.1. The van der Waals surface area contributed by atoms with Gasteiger partial charge in [0.2, 0.25) is 0 Å². The molecule has 0 radical (unpaired) electrons. The van der Waals surface area contributed by atoms with Gasteiger partial charge in [0.05, 0.1) is 6.04 Å². The van der Waals surface area contributed by atoms with Gasteiger partial charge in [-0.25, -0.2) is 9.98 Å². The summed E-state index contributed by atoms with van der Waals surface area (Å²) in [5, 5.41) is 2.93. The summed E-state index contributed by atoms with van der Waals surface area (Å²) in [6.07, 6.45) is 2.54. The molecule has 1 saturated carbocycles. The number of nitrogens with two attached hydrogens (primary N) is 1. The predicted octanol–water partition coefficient (Wildman–Crippen LogP) is 3.58. The Kier molecular flexibility index (Phi) is 6.29. The van der Waals surface area contributed by atoms with E-state index in [2.05, 4.69) is 20.0 Å². The molecule has 1 aliphatic rings. The lowest BCUT2D eigenvalue weighted by molar-refractivity contribution is -0.0498. The fraction of sp³-hybridized carbons (Fsp3) is 0.250. The summed E-state index contributed by atoms with van der Waals surface area (Å²) in [6, 6.07) is 12.2. The van der Waals surface area contributed by atoms with Crippen LogP contribution in [0.5, 0.6) is 5.75 Å². The van der Waals surface area contributed by atoms with E-state index >= 15 is 0 Å². The minimum Gasteiger partial charge on any atom is -0.435 e. The second-order valence-corrected chi connectivity index (χ2v) is 5.21. The number of ether oxygens (including phenoxy) is 1. The van der Waals surface area contributed by atoms with Gasteiger partial charge < -0.3 is 15.8 Å². The third-order valence-corrected chi connectivity index (χ3v) is 3.52. The Morgan fingerprint density at radius 1 is 1.25 bits per heavy atom. The molecular formula is C16H17F2IN4O. The molecule has 0 amide bonds. The topological polar surface area (TPSA) is 72.5 Å². The number of nitrogens with zero attached hydrogens (tertiary/aromatic N) is 2. The Morgan fingerprint density at radius 3 is 2.62 bits per heavy atom. The molecule has 1 aliphatic carbocycles. The maximum absolute atomic E-state index is 12.1. The van der Waals surface area contributed by atoms with Crippen molar-refractivity contribution in [2.45, 2.75) is 25.0 Å². The number of benzene rings is 1. The van der Waals surface area contributed by atoms with Gasteiger partial charge >= 0.3 is 6.61 Å². The predicted molar refractivity (Wildman–Crippen MR) is 99.1 cm³/mol. The zero-order valence-corrected chi connectivity index (χ0v) is 14.9. The maximum Gasteiger partial charge on any atom is 0.387 e. The average molecular weight is 446 g/mol. The largest absolute Gasteiger partial charge is 0.435 e. The standard InChI is InChI=1S/C16H16F2N4O.HI/c17-15(18)23-11-6-4-10(5-7-11)12-9-13(12)21-16(19)22-14-3-1-2-8-20-14;/h1-8,12-13,15H,9H2,(H3,19,20,21,22);1H/t12-,13+;/m0./s1. The van der Waals surface area contributed by atoms with E-state index in [1.807, 2.05) is 12.1 Å². The Bertz CT molecular complexity index is 682. The molecule has 1 heterocycles. The number of aromatic nitrogens is 1. The molecular weight excluding hydrogens is 429 g/mol. The molecule has 1 aromatic carbocycles. The number of aliphatic imine (C=N–C) groups is 1. The number of nitrogens with one attached hydrogen (secondary N) is 1. The van der Waals surface area contributed by atoms with Gasteiger partial charge in [-0.1, -0.05) is 18.2 Å². The molecule has 1 fully saturated rings. The first-order valence-corrected chi connectivity index (χ1v) is 7.18. The summed E-state index contributed by atoms with van der Waals surface area (Å²) < 4.78 is 28.6. The third-order valence-electron chi connectivity index (χ3n) is 3.52. The van der Waals surface area contributed by atoms with E-state index in [4.69, 9.17) is 5.73 Å². The number of hydrogen-bond donors (Lipinski definition) is 2.